The van der Waals surface area contributed by atoms with E-state index in [9.17, 15) is 8.42 Å². The zero-order chi connectivity index (χ0) is 14.5. The van der Waals surface area contributed by atoms with Crippen LogP contribution in [0.5, 0.6) is 5.75 Å². The van der Waals surface area contributed by atoms with Crippen LogP contribution in [0.3, 0.4) is 0 Å². The number of hydrogen-bond donors (Lipinski definition) is 2. The highest BCUT2D eigenvalue weighted by molar-refractivity contribution is 7.89. The molecule has 1 atom stereocenters. The van der Waals surface area contributed by atoms with Gasteiger partial charge in [0.2, 0.25) is 10.0 Å². The maximum Gasteiger partial charge on any atom is 0.240 e. The lowest BCUT2D eigenvalue weighted by Gasteiger charge is -2.14. The highest BCUT2D eigenvalue weighted by atomic mass is 32.2. The molecule has 0 saturated heterocycles. The molecule has 0 bridgehead atoms. The van der Waals surface area contributed by atoms with Gasteiger partial charge < -0.3 is 10.5 Å². The maximum absolute atomic E-state index is 12.2. The average Bonchev–Trinajstić information content (AvgIpc) is 2.37. The Hall–Kier alpha value is -1.11. The van der Waals surface area contributed by atoms with Gasteiger partial charge in [-0.15, -0.1) is 0 Å². The number of hydrogen-bond acceptors (Lipinski definition) is 4. The second-order valence-electron chi connectivity index (χ2n) is 4.49. The SMILES string of the molecule is CCCC(C)NS(=O)(=O)c1ccc(OC)c(CN)c1. The number of benzene rings is 1. The monoisotopic (exact) mass is 286 g/mol. The number of nitrogens with one attached hydrogen (secondary N) is 1. The van der Waals surface area contributed by atoms with Gasteiger partial charge in [-0.25, -0.2) is 13.1 Å². The maximum atomic E-state index is 12.2. The fraction of sp³-hybridized carbons (Fsp3) is 0.538. The molecule has 0 aromatic heterocycles. The number of methoxy groups -OCH3 is 1. The third kappa shape index (κ3) is 4.19. The summed E-state index contributed by atoms with van der Waals surface area (Å²) in [6.07, 6.45) is 1.74. The van der Waals surface area contributed by atoms with Crippen LogP contribution in [0.25, 0.3) is 0 Å². The predicted octanol–water partition coefficient (Wildman–Crippen LogP) is 1.62. The van der Waals surface area contributed by atoms with Gasteiger partial charge in [0.15, 0.2) is 0 Å². The van der Waals surface area contributed by atoms with Gasteiger partial charge in [0.1, 0.15) is 5.75 Å². The van der Waals surface area contributed by atoms with E-state index >= 15 is 0 Å². The van der Waals surface area contributed by atoms with E-state index < -0.39 is 10.0 Å². The Balaban J connectivity index is 3.01. The Kier molecular flexibility index (Phi) is 5.78. The van der Waals surface area contributed by atoms with E-state index in [1.54, 1.807) is 12.1 Å². The van der Waals surface area contributed by atoms with Gasteiger partial charge in [0.05, 0.1) is 12.0 Å². The van der Waals surface area contributed by atoms with Crippen LogP contribution in [0, 0.1) is 0 Å². The third-order valence-electron chi connectivity index (χ3n) is 2.86. The van der Waals surface area contributed by atoms with Crippen LogP contribution in [0.1, 0.15) is 32.3 Å². The summed E-state index contributed by atoms with van der Waals surface area (Å²) in [5.74, 6) is 0.600. The molecule has 1 unspecified atom stereocenters. The predicted molar refractivity (Wildman–Crippen MR) is 75.6 cm³/mol. The summed E-state index contributed by atoms with van der Waals surface area (Å²) in [4.78, 5) is 0.219. The zero-order valence-corrected chi connectivity index (χ0v) is 12.5. The van der Waals surface area contributed by atoms with E-state index in [0.717, 1.165) is 12.8 Å². The molecular formula is C13H22N2O3S. The molecule has 0 radical (unpaired) electrons. The van der Waals surface area contributed by atoms with E-state index in [2.05, 4.69) is 4.72 Å². The molecule has 0 aliphatic carbocycles. The van der Waals surface area contributed by atoms with E-state index in [4.69, 9.17) is 10.5 Å². The first kappa shape index (κ1) is 15.9. The second-order valence-corrected chi connectivity index (χ2v) is 6.20. The van der Waals surface area contributed by atoms with E-state index in [1.807, 2.05) is 13.8 Å². The molecule has 6 heteroatoms. The van der Waals surface area contributed by atoms with Crippen molar-refractivity contribution in [2.45, 2.75) is 44.2 Å². The highest BCUT2D eigenvalue weighted by Gasteiger charge is 2.18. The van der Waals surface area contributed by atoms with Crippen molar-refractivity contribution < 1.29 is 13.2 Å². The normalized spacial score (nSPS) is 13.3. The second kappa shape index (κ2) is 6.88. The summed E-state index contributed by atoms with van der Waals surface area (Å²) in [7, 11) is -1.97. The minimum Gasteiger partial charge on any atom is -0.496 e. The van der Waals surface area contributed by atoms with E-state index in [1.165, 1.54) is 13.2 Å². The Bertz CT molecular complexity index is 515. The zero-order valence-electron chi connectivity index (χ0n) is 11.6. The van der Waals surface area contributed by atoms with Gasteiger partial charge >= 0.3 is 0 Å². The van der Waals surface area contributed by atoms with Crippen LogP contribution in [-0.4, -0.2) is 21.6 Å². The molecule has 0 saturated carbocycles. The first-order valence-electron chi connectivity index (χ1n) is 6.34. The van der Waals surface area contributed by atoms with Gasteiger partial charge in [-0.2, -0.15) is 0 Å². The smallest absolute Gasteiger partial charge is 0.240 e. The summed E-state index contributed by atoms with van der Waals surface area (Å²) < 4.78 is 32.2. The van der Waals surface area contributed by atoms with Crippen molar-refractivity contribution in [2.75, 3.05) is 7.11 Å². The van der Waals surface area contributed by atoms with Gasteiger partial charge in [0, 0.05) is 18.2 Å². The van der Waals surface area contributed by atoms with E-state index in [-0.39, 0.29) is 17.5 Å². The lowest BCUT2D eigenvalue weighted by Crippen LogP contribution is -2.32. The Morgan fingerprint density at radius 3 is 2.63 bits per heavy atom. The molecule has 3 N–H and O–H groups in total. The van der Waals surface area contributed by atoms with Gasteiger partial charge in [-0.3, -0.25) is 0 Å². The van der Waals surface area contributed by atoms with Crippen molar-refractivity contribution in [3.05, 3.63) is 23.8 Å². The van der Waals surface area contributed by atoms with Gasteiger partial charge in [-0.1, -0.05) is 13.3 Å². The molecule has 0 fully saturated rings. The topological polar surface area (TPSA) is 81.4 Å². The molecular weight excluding hydrogens is 264 g/mol. The molecule has 5 nitrogen and oxygen atoms in total. The van der Waals surface area contributed by atoms with Crippen LogP contribution in [0.2, 0.25) is 0 Å². The molecule has 1 aromatic rings. The molecule has 108 valence electrons. The molecule has 0 amide bonds. The van der Waals surface area contributed by atoms with Crippen LogP contribution < -0.4 is 15.2 Å². The fourth-order valence-electron chi connectivity index (χ4n) is 1.91. The lowest BCUT2D eigenvalue weighted by atomic mass is 10.2. The molecule has 1 rings (SSSR count). The number of rotatable bonds is 7. The summed E-state index contributed by atoms with van der Waals surface area (Å²) >= 11 is 0. The fourth-order valence-corrected chi connectivity index (χ4v) is 3.23. The minimum atomic E-state index is -3.50. The summed E-state index contributed by atoms with van der Waals surface area (Å²) in [5, 5.41) is 0. The first-order valence-corrected chi connectivity index (χ1v) is 7.82. The highest BCUT2D eigenvalue weighted by Crippen LogP contribution is 2.22. The summed E-state index contributed by atoms with van der Waals surface area (Å²) in [6, 6.07) is 4.62. The van der Waals surface area contributed by atoms with Crippen molar-refractivity contribution in [1.82, 2.24) is 4.72 Å². The molecule has 19 heavy (non-hydrogen) atoms. The molecule has 0 aliphatic rings. The standard InChI is InChI=1S/C13H22N2O3S/c1-4-5-10(2)15-19(16,17)12-6-7-13(18-3)11(8-12)9-14/h6-8,10,15H,4-5,9,14H2,1-3H3. The van der Waals surface area contributed by atoms with Crippen molar-refractivity contribution in [3.63, 3.8) is 0 Å². The Labute approximate surface area is 115 Å². The summed E-state index contributed by atoms with van der Waals surface area (Å²) in [5.41, 5.74) is 6.27. The summed E-state index contributed by atoms with van der Waals surface area (Å²) in [6.45, 7) is 4.11. The van der Waals surface area contributed by atoms with Crippen molar-refractivity contribution in [2.24, 2.45) is 5.73 Å². The molecule has 1 aromatic carbocycles. The van der Waals surface area contributed by atoms with Gasteiger partial charge in [-0.05, 0) is 31.5 Å². The van der Waals surface area contributed by atoms with E-state index in [0.29, 0.717) is 11.3 Å². The Morgan fingerprint density at radius 2 is 2.11 bits per heavy atom. The largest absolute Gasteiger partial charge is 0.496 e. The average molecular weight is 286 g/mol. The van der Waals surface area contributed by atoms with Crippen LogP contribution in [0.4, 0.5) is 0 Å². The molecule has 0 heterocycles. The van der Waals surface area contributed by atoms with Crippen molar-refractivity contribution >= 4 is 10.0 Å². The molecule has 0 spiro atoms. The number of nitrogens with two attached hydrogens (primary N) is 1. The third-order valence-corrected chi connectivity index (χ3v) is 4.45. The minimum absolute atomic E-state index is 0.0848. The van der Waals surface area contributed by atoms with Crippen molar-refractivity contribution in [1.29, 1.82) is 0 Å². The molecule has 0 aliphatic heterocycles. The number of ether oxygens (including phenoxy) is 1. The van der Waals surface area contributed by atoms with Crippen LogP contribution >= 0.6 is 0 Å². The quantitative estimate of drug-likeness (QED) is 0.798. The Morgan fingerprint density at radius 1 is 1.42 bits per heavy atom. The number of sulfonamides is 1. The van der Waals surface area contributed by atoms with Crippen LogP contribution in [0.15, 0.2) is 23.1 Å². The first-order chi connectivity index (χ1) is 8.94. The van der Waals surface area contributed by atoms with Crippen molar-refractivity contribution in [3.8, 4) is 5.75 Å². The lowest BCUT2D eigenvalue weighted by molar-refractivity contribution is 0.409. The van der Waals surface area contributed by atoms with Crippen LogP contribution in [-0.2, 0) is 16.6 Å². The van der Waals surface area contributed by atoms with Gasteiger partial charge in [0.25, 0.3) is 0 Å².